The number of likely N-dealkylation sites (tertiary alicyclic amines) is 1. The first-order chi connectivity index (χ1) is 16.1. The molecule has 2 aromatic carbocycles. The molecule has 1 N–H and O–H groups in total. The normalized spacial score (nSPS) is 15.9. The molecule has 1 fully saturated rings. The number of hydrogen-bond acceptors (Lipinski definition) is 4. The first kappa shape index (κ1) is 22.7. The summed E-state index contributed by atoms with van der Waals surface area (Å²) < 4.78 is 18.9. The number of carbonyl (C=O) groups is 2. The van der Waals surface area contributed by atoms with E-state index in [1.54, 1.807) is 23.2 Å². The van der Waals surface area contributed by atoms with Gasteiger partial charge < -0.3 is 15.0 Å². The Hall–Kier alpha value is -3.48. The van der Waals surface area contributed by atoms with Crippen molar-refractivity contribution in [1.82, 2.24) is 15.2 Å². The van der Waals surface area contributed by atoms with E-state index in [-0.39, 0.29) is 30.0 Å². The molecule has 3 aromatic rings. The molecule has 6 nitrogen and oxygen atoms in total. The van der Waals surface area contributed by atoms with Crippen LogP contribution in [0.4, 0.5) is 4.39 Å². The van der Waals surface area contributed by atoms with Gasteiger partial charge in [0.15, 0.2) is 0 Å². The second-order valence-corrected chi connectivity index (χ2v) is 8.31. The quantitative estimate of drug-likeness (QED) is 0.532. The lowest BCUT2D eigenvalue weighted by molar-refractivity contribution is -0.135. The molecular formula is C26H28FN3O3. The van der Waals surface area contributed by atoms with Crippen molar-refractivity contribution < 1.29 is 18.7 Å². The highest BCUT2D eigenvalue weighted by molar-refractivity contribution is 5.84. The van der Waals surface area contributed by atoms with Crippen LogP contribution in [0.5, 0.6) is 5.75 Å². The Morgan fingerprint density at radius 2 is 1.94 bits per heavy atom. The Balaban J connectivity index is 1.20. The molecule has 4 rings (SSSR count). The summed E-state index contributed by atoms with van der Waals surface area (Å²) in [5, 5.41) is 4.00. The molecule has 2 heterocycles. The SMILES string of the molecule is O=C(NCCCOc1cccc2cccnc12)C1CCCN(C(=O)Cc2ccc(F)cc2)C1. The predicted molar refractivity (Wildman–Crippen MR) is 124 cm³/mol. The summed E-state index contributed by atoms with van der Waals surface area (Å²) in [4.78, 5) is 31.4. The van der Waals surface area contributed by atoms with E-state index in [1.165, 1.54) is 12.1 Å². The molecule has 0 aliphatic carbocycles. The number of ether oxygens (including phenoxy) is 1. The van der Waals surface area contributed by atoms with Crippen LogP contribution in [0.15, 0.2) is 60.8 Å². The zero-order valence-corrected chi connectivity index (χ0v) is 18.5. The van der Waals surface area contributed by atoms with Gasteiger partial charge >= 0.3 is 0 Å². The third-order valence-corrected chi connectivity index (χ3v) is 5.89. The summed E-state index contributed by atoms with van der Waals surface area (Å²) in [6.45, 7) is 2.06. The molecule has 33 heavy (non-hydrogen) atoms. The van der Waals surface area contributed by atoms with Crippen molar-refractivity contribution in [3.05, 3.63) is 72.2 Å². The molecule has 1 aliphatic rings. The third-order valence-electron chi connectivity index (χ3n) is 5.89. The number of piperidine rings is 1. The molecule has 172 valence electrons. The van der Waals surface area contributed by atoms with Crippen molar-refractivity contribution in [2.24, 2.45) is 5.92 Å². The number of fused-ring (bicyclic) bond motifs is 1. The molecule has 1 aromatic heterocycles. The van der Waals surface area contributed by atoms with Crippen LogP contribution >= 0.6 is 0 Å². The zero-order chi connectivity index (χ0) is 23.0. The van der Waals surface area contributed by atoms with Crippen LogP contribution in [0.3, 0.4) is 0 Å². The number of amides is 2. The van der Waals surface area contributed by atoms with E-state index in [4.69, 9.17) is 4.74 Å². The maximum atomic E-state index is 13.1. The Morgan fingerprint density at radius 1 is 1.12 bits per heavy atom. The number of rotatable bonds is 8. The molecule has 1 aliphatic heterocycles. The average Bonchev–Trinajstić information content (AvgIpc) is 2.85. The Labute approximate surface area is 192 Å². The molecule has 1 saturated heterocycles. The monoisotopic (exact) mass is 449 g/mol. The van der Waals surface area contributed by atoms with E-state index < -0.39 is 0 Å². The second kappa shape index (κ2) is 10.9. The van der Waals surface area contributed by atoms with E-state index >= 15 is 0 Å². The van der Waals surface area contributed by atoms with Gasteiger partial charge in [-0.1, -0.05) is 30.3 Å². The molecule has 0 bridgehead atoms. The van der Waals surface area contributed by atoms with Gasteiger partial charge in [-0.25, -0.2) is 4.39 Å². The average molecular weight is 450 g/mol. The summed E-state index contributed by atoms with van der Waals surface area (Å²) in [6.07, 6.45) is 4.20. The van der Waals surface area contributed by atoms with Crippen molar-refractivity contribution in [2.75, 3.05) is 26.2 Å². The highest BCUT2D eigenvalue weighted by Crippen LogP contribution is 2.23. The maximum Gasteiger partial charge on any atom is 0.227 e. The lowest BCUT2D eigenvalue weighted by atomic mass is 9.96. The van der Waals surface area contributed by atoms with Gasteiger partial charge in [-0.2, -0.15) is 0 Å². The van der Waals surface area contributed by atoms with E-state index in [0.717, 1.165) is 35.1 Å². The van der Waals surface area contributed by atoms with Gasteiger partial charge in [0.05, 0.1) is 18.9 Å². The number of pyridine rings is 1. The van der Waals surface area contributed by atoms with Crippen LogP contribution in [0.1, 0.15) is 24.8 Å². The lowest BCUT2D eigenvalue weighted by Gasteiger charge is -2.32. The van der Waals surface area contributed by atoms with Gasteiger partial charge in [0.1, 0.15) is 17.1 Å². The fourth-order valence-electron chi connectivity index (χ4n) is 4.11. The standard InChI is InChI=1S/C26H28FN3O3/c27-22-11-9-19(10-12-22)17-24(31)30-15-3-7-21(18-30)26(32)29-14-4-16-33-23-8-1-5-20-6-2-13-28-25(20)23/h1-2,5-6,8-13,21H,3-4,7,14-18H2,(H,29,32). The highest BCUT2D eigenvalue weighted by Gasteiger charge is 2.28. The van der Waals surface area contributed by atoms with Crippen LogP contribution in [0, 0.1) is 11.7 Å². The Bertz CT molecular complexity index is 1100. The van der Waals surface area contributed by atoms with Crippen LogP contribution in [0.2, 0.25) is 0 Å². The molecule has 0 saturated carbocycles. The summed E-state index contributed by atoms with van der Waals surface area (Å²) in [6, 6.07) is 15.7. The number of para-hydroxylation sites is 1. The van der Waals surface area contributed by atoms with Crippen LogP contribution in [0.25, 0.3) is 10.9 Å². The van der Waals surface area contributed by atoms with Crippen LogP contribution in [-0.2, 0) is 16.0 Å². The minimum Gasteiger partial charge on any atom is -0.491 e. The first-order valence-electron chi connectivity index (χ1n) is 11.4. The maximum absolute atomic E-state index is 13.1. The minimum absolute atomic E-state index is 0.0268. The number of nitrogens with zero attached hydrogens (tertiary/aromatic N) is 2. The number of nitrogens with one attached hydrogen (secondary N) is 1. The lowest BCUT2D eigenvalue weighted by Crippen LogP contribution is -2.46. The topological polar surface area (TPSA) is 71.5 Å². The molecule has 0 spiro atoms. The van der Waals surface area contributed by atoms with Gasteiger partial charge in [0.2, 0.25) is 11.8 Å². The van der Waals surface area contributed by atoms with E-state index in [1.807, 2.05) is 30.3 Å². The summed E-state index contributed by atoms with van der Waals surface area (Å²) >= 11 is 0. The summed E-state index contributed by atoms with van der Waals surface area (Å²) in [7, 11) is 0. The Kier molecular flexibility index (Phi) is 7.50. The fraction of sp³-hybridized carbons (Fsp3) is 0.346. The molecular weight excluding hydrogens is 421 g/mol. The summed E-state index contributed by atoms with van der Waals surface area (Å²) in [5.74, 6) is 0.151. The fourth-order valence-corrected chi connectivity index (χ4v) is 4.11. The van der Waals surface area contributed by atoms with Gasteiger partial charge in [-0.15, -0.1) is 0 Å². The number of aromatic nitrogens is 1. The van der Waals surface area contributed by atoms with Crippen LogP contribution < -0.4 is 10.1 Å². The van der Waals surface area contributed by atoms with Crippen molar-refractivity contribution in [1.29, 1.82) is 0 Å². The smallest absolute Gasteiger partial charge is 0.227 e. The van der Waals surface area contributed by atoms with Crippen molar-refractivity contribution in [3.63, 3.8) is 0 Å². The second-order valence-electron chi connectivity index (χ2n) is 8.31. The number of carbonyl (C=O) groups excluding carboxylic acids is 2. The molecule has 1 atom stereocenters. The van der Waals surface area contributed by atoms with Gasteiger partial charge in [0, 0.05) is 31.2 Å². The van der Waals surface area contributed by atoms with Crippen molar-refractivity contribution >= 4 is 22.7 Å². The number of hydrogen-bond donors (Lipinski definition) is 1. The highest BCUT2D eigenvalue weighted by atomic mass is 19.1. The van der Waals surface area contributed by atoms with Gasteiger partial charge in [0.25, 0.3) is 0 Å². The zero-order valence-electron chi connectivity index (χ0n) is 18.5. The molecule has 0 radical (unpaired) electrons. The first-order valence-corrected chi connectivity index (χ1v) is 11.4. The van der Waals surface area contributed by atoms with Crippen molar-refractivity contribution in [3.8, 4) is 5.75 Å². The van der Waals surface area contributed by atoms with Gasteiger partial charge in [-0.3, -0.25) is 14.6 Å². The minimum atomic E-state index is -0.319. The molecule has 1 unspecified atom stereocenters. The van der Waals surface area contributed by atoms with Crippen LogP contribution in [-0.4, -0.2) is 47.9 Å². The van der Waals surface area contributed by atoms with Crippen molar-refractivity contribution in [2.45, 2.75) is 25.7 Å². The van der Waals surface area contributed by atoms with E-state index in [0.29, 0.717) is 32.7 Å². The predicted octanol–water partition coefficient (Wildman–Crippen LogP) is 3.74. The largest absolute Gasteiger partial charge is 0.491 e. The molecule has 7 heteroatoms. The number of benzene rings is 2. The number of halogens is 1. The third kappa shape index (κ3) is 6.06. The van der Waals surface area contributed by atoms with E-state index in [2.05, 4.69) is 10.3 Å². The Morgan fingerprint density at radius 3 is 2.79 bits per heavy atom. The molecule has 2 amide bonds. The van der Waals surface area contributed by atoms with Gasteiger partial charge in [-0.05, 0) is 49.1 Å². The van der Waals surface area contributed by atoms with E-state index in [9.17, 15) is 14.0 Å². The summed E-state index contributed by atoms with van der Waals surface area (Å²) in [5.41, 5.74) is 1.60.